The second-order valence-electron chi connectivity index (χ2n) is 4.17. The van der Waals surface area contributed by atoms with Crippen molar-refractivity contribution in [1.29, 1.82) is 0 Å². The predicted molar refractivity (Wildman–Crippen MR) is 73.8 cm³/mol. The molecule has 1 aromatic carbocycles. The number of hydrogen-bond donors (Lipinski definition) is 1. The third-order valence-electron chi connectivity index (χ3n) is 2.38. The molecule has 1 aromatic heterocycles. The third-order valence-corrected chi connectivity index (χ3v) is 3.91. The number of benzene rings is 1. The first-order valence-corrected chi connectivity index (χ1v) is 7.33. The van der Waals surface area contributed by atoms with E-state index in [1.54, 1.807) is 12.1 Å². The minimum atomic E-state index is -3.67. The largest absolute Gasteiger partial charge is 0.263 e. The fourth-order valence-electron chi connectivity index (χ4n) is 1.66. The Morgan fingerprint density at radius 1 is 1.05 bits per heavy atom. The van der Waals surface area contributed by atoms with Crippen LogP contribution in [0.3, 0.4) is 0 Å². The van der Waals surface area contributed by atoms with Crippen molar-refractivity contribution in [2.75, 3.05) is 4.72 Å². The molecular weight excluding hydrogens is 286 g/mol. The molecule has 0 saturated heterocycles. The SMILES string of the molecule is Cc1cc(C)cc(S(=O)(=O)Nc2ccc(Cl)nn2)c1. The first-order chi connectivity index (χ1) is 8.87. The van der Waals surface area contributed by atoms with Gasteiger partial charge in [-0.05, 0) is 49.2 Å². The molecule has 0 fully saturated rings. The second-order valence-corrected chi connectivity index (χ2v) is 6.24. The summed E-state index contributed by atoms with van der Waals surface area (Å²) in [5.74, 6) is 0.128. The van der Waals surface area contributed by atoms with Crippen LogP contribution in [0.5, 0.6) is 0 Å². The molecule has 0 atom stereocenters. The van der Waals surface area contributed by atoms with Crippen LogP contribution >= 0.6 is 11.6 Å². The molecule has 0 bridgehead atoms. The first kappa shape index (κ1) is 13.8. The zero-order valence-electron chi connectivity index (χ0n) is 10.4. The second kappa shape index (κ2) is 5.14. The number of hydrogen-bond acceptors (Lipinski definition) is 4. The molecule has 0 unspecified atom stereocenters. The smallest absolute Gasteiger partial charge is 0.262 e. The number of rotatable bonds is 3. The minimum absolute atomic E-state index is 0.128. The topological polar surface area (TPSA) is 72.0 Å². The number of nitrogens with zero attached hydrogens (tertiary/aromatic N) is 2. The van der Waals surface area contributed by atoms with E-state index in [9.17, 15) is 8.42 Å². The fourth-order valence-corrected chi connectivity index (χ4v) is 2.94. The zero-order chi connectivity index (χ0) is 14.0. The van der Waals surface area contributed by atoms with Crippen LogP contribution in [-0.4, -0.2) is 18.6 Å². The summed E-state index contributed by atoms with van der Waals surface area (Å²) < 4.78 is 26.7. The van der Waals surface area contributed by atoms with Gasteiger partial charge in [0, 0.05) is 0 Å². The van der Waals surface area contributed by atoms with Gasteiger partial charge in [0.1, 0.15) is 0 Å². The summed E-state index contributed by atoms with van der Waals surface area (Å²) in [6, 6.07) is 8.02. The molecular formula is C12H12ClN3O2S. The lowest BCUT2D eigenvalue weighted by Crippen LogP contribution is -2.14. The van der Waals surface area contributed by atoms with Gasteiger partial charge >= 0.3 is 0 Å². The van der Waals surface area contributed by atoms with Crippen LogP contribution in [0.1, 0.15) is 11.1 Å². The summed E-state index contributed by atoms with van der Waals surface area (Å²) in [6.45, 7) is 3.68. The summed E-state index contributed by atoms with van der Waals surface area (Å²) in [5, 5.41) is 7.45. The number of aromatic nitrogens is 2. The quantitative estimate of drug-likeness (QED) is 0.945. The molecule has 100 valence electrons. The van der Waals surface area contributed by atoms with Crippen molar-refractivity contribution in [3.8, 4) is 0 Å². The number of aryl methyl sites for hydroxylation is 2. The molecule has 5 nitrogen and oxygen atoms in total. The van der Waals surface area contributed by atoms with Crippen molar-refractivity contribution in [2.45, 2.75) is 18.7 Å². The molecule has 0 saturated carbocycles. The Labute approximate surface area is 116 Å². The van der Waals surface area contributed by atoms with Gasteiger partial charge in [-0.3, -0.25) is 4.72 Å². The van der Waals surface area contributed by atoms with E-state index in [4.69, 9.17) is 11.6 Å². The molecule has 2 rings (SSSR count). The van der Waals surface area contributed by atoms with Crippen molar-refractivity contribution < 1.29 is 8.42 Å². The van der Waals surface area contributed by atoms with Crippen molar-refractivity contribution >= 4 is 27.4 Å². The molecule has 0 radical (unpaired) electrons. The molecule has 7 heteroatoms. The summed E-state index contributed by atoms with van der Waals surface area (Å²) in [6.07, 6.45) is 0. The Balaban J connectivity index is 2.34. The van der Waals surface area contributed by atoms with Crippen LogP contribution in [0.25, 0.3) is 0 Å². The normalized spacial score (nSPS) is 11.3. The van der Waals surface area contributed by atoms with Crippen molar-refractivity contribution in [2.24, 2.45) is 0 Å². The van der Waals surface area contributed by atoms with E-state index in [0.717, 1.165) is 11.1 Å². The van der Waals surface area contributed by atoms with Gasteiger partial charge in [0.25, 0.3) is 10.0 Å². The lowest BCUT2D eigenvalue weighted by atomic mass is 10.2. The highest BCUT2D eigenvalue weighted by atomic mass is 35.5. The molecule has 0 aliphatic carbocycles. The lowest BCUT2D eigenvalue weighted by molar-refractivity contribution is 0.600. The van der Waals surface area contributed by atoms with E-state index in [-0.39, 0.29) is 15.9 Å². The van der Waals surface area contributed by atoms with E-state index in [2.05, 4.69) is 14.9 Å². The monoisotopic (exact) mass is 297 g/mol. The average molecular weight is 298 g/mol. The standard InChI is InChI=1S/C12H12ClN3O2S/c1-8-5-9(2)7-10(6-8)19(17,18)16-12-4-3-11(13)14-15-12/h3-7H,1-2H3,(H,15,16). The van der Waals surface area contributed by atoms with Gasteiger partial charge in [0.15, 0.2) is 11.0 Å². The van der Waals surface area contributed by atoms with Gasteiger partial charge in [-0.2, -0.15) is 0 Å². The van der Waals surface area contributed by atoms with Gasteiger partial charge in [0.05, 0.1) is 4.90 Å². The summed E-state index contributed by atoms with van der Waals surface area (Å²) in [4.78, 5) is 0.196. The molecule has 19 heavy (non-hydrogen) atoms. The molecule has 0 aliphatic heterocycles. The number of nitrogens with one attached hydrogen (secondary N) is 1. The van der Waals surface area contributed by atoms with Crippen molar-refractivity contribution in [3.63, 3.8) is 0 Å². The fraction of sp³-hybridized carbons (Fsp3) is 0.167. The number of halogens is 1. The van der Waals surface area contributed by atoms with Crippen LogP contribution in [0.2, 0.25) is 5.15 Å². The molecule has 1 heterocycles. The Morgan fingerprint density at radius 3 is 2.21 bits per heavy atom. The van der Waals surface area contributed by atoms with Gasteiger partial charge in [-0.25, -0.2) is 8.42 Å². The maximum absolute atomic E-state index is 12.2. The van der Waals surface area contributed by atoms with Crippen LogP contribution in [0.15, 0.2) is 35.2 Å². The highest BCUT2D eigenvalue weighted by molar-refractivity contribution is 7.92. The van der Waals surface area contributed by atoms with Crippen LogP contribution < -0.4 is 4.72 Å². The van der Waals surface area contributed by atoms with E-state index < -0.39 is 10.0 Å². The van der Waals surface area contributed by atoms with E-state index in [1.807, 2.05) is 19.9 Å². The van der Waals surface area contributed by atoms with E-state index in [0.29, 0.717) is 0 Å². The van der Waals surface area contributed by atoms with Crippen LogP contribution in [0, 0.1) is 13.8 Å². The molecule has 0 amide bonds. The van der Waals surface area contributed by atoms with Gasteiger partial charge in [-0.1, -0.05) is 17.7 Å². The maximum atomic E-state index is 12.2. The highest BCUT2D eigenvalue weighted by Gasteiger charge is 2.15. The van der Waals surface area contributed by atoms with Gasteiger partial charge in [-0.15, -0.1) is 10.2 Å². The maximum Gasteiger partial charge on any atom is 0.263 e. The molecule has 0 aliphatic rings. The zero-order valence-corrected chi connectivity index (χ0v) is 12.0. The van der Waals surface area contributed by atoms with Crippen LogP contribution in [-0.2, 0) is 10.0 Å². The summed E-state index contributed by atoms with van der Waals surface area (Å²) in [5.41, 5.74) is 1.75. The summed E-state index contributed by atoms with van der Waals surface area (Å²) >= 11 is 5.59. The van der Waals surface area contributed by atoms with Crippen molar-refractivity contribution in [1.82, 2.24) is 10.2 Å². The Morgan fingerprint density at radius 2 is 1.68 bits per heavy atom. The average Bonchev–Trinajstić information content (AvgIpc) is 2.31. The van der Waals surface area contributed by atoms with E-state index in [1.165, 1.54) is 12.1 Å². The number of sulfonamides is 1. The number of anilines is 1. The van der Waals surface area contributed by atoms with Gasteiger partial charge in [0.2, 0.25) is 0 Å². The first-order valence-electron chi connectivity index (χ1n) is 5.47. The van der Waals surface area contributed by atoms with Crippen LogP contribution in [0.4, 0.5) is 5.82 Å². The minimum Gasteiger partial charge on any atom is -0.262 e. The lowest BCUT2D eigenvalue weighted by Gasteiger charge is -2.08. The Hall–Kier alpha value is -1.66. The van der Waals surface area contributed by atoms with Gasteiger partial charge < -0.3 is 0 Å². The van der Waals surface area contributed by atoms with Crippen molar-refractivity contribution in [3.05, 3.63) is 46.6 Å². The molecule has 2 aromatic rings. The Bertz CT molecular complexity index is 679. The molecule has 1 N–H and O–H groups in total. The highest BCUT2D eigenvalue weighted by Crippen LogP contribution is 2.17. The third kappa shape index (κ3) is 3.42. The summed E-state index contributed by atoms with van der Waals surface area (Å²) in [7, 11) is -3.67. The Kier molecular flexibility index (Phi) is 3.73. The molecule has 0 spiro atoms. The van der Waals surface area contributed by atoms with E-state index >= 15 is 0 Å². The predicted octanol–water partition coefficient (Wildman–Crippen LogP) is 2.55.